The Bertz CT molecular complexity index is 1070. The Balaban J connectivity index is 1.33. The summed E-state index contributed by atoms with van der Waals surface area (Å²) in [5, 5.41) is 8.22. The van der Waals surface area contributed by atoms with E-state index in [0.29, 0.717) is 18.7 Å². The standard InChI is InChI=1S/C21H22N4O3/c26-19(24-12-13-11-21(20(27)28-13)6-9-22-10-7-21)18-17-15(5-8-23-18)14-3-1-2-4-16(14)25-17/h1-5,8,13,22,25H,6-7,9-12H2,(H,24,26). The molecule has 2 aliphatic heterocycles. The number of aromatic nitrogens is 2. The molecule has 0 saturated carbocycles. The Hall–Kier alpha value is -2.93. The Morgan fingerprint density at radius 3 is 2.89 bits per heavy atom. The van der Waals surface area contributed by atoms with Crippen LogP contribution in [-0.2, 0) is 9.53 Å². The average Bonchev–Trinajstić information content (AvgIpc) is 3.24. The summed E-state index contributed by atoms with van der Waals surface area (Å²) in [5.74, 6) is -0.386. The summed E-state index contributed by atoms with van der Waals surface area (Å²) in [6, 6.07) is 9.83. The maximum absolute atomic E-state index is 12.8. The molecular weight excluding hydrogens is 356 g/mol. The largest absolute Gasteiger partial charge is 0.460 e. The minimum absolute atomic E-state index is 0.121. The van der Waals surface area contributed by atoms with E-state index in [1.165, 1.54) is 0 Å². The van der Waals surface area contributed by atoms with Crippen LogP contribution >= 0.6 is 0 Å². The van der Waals surface area contributed by atoms with Gasteiger partial charge in [0.05, 0.1) is 17.5 Å². The van der Waals surface area contributed by atoms with Crippen molar-refractivity contribution in [1.82, 2.24) is 20.6 Å². The van der Waals surface area contributed by atoms with Crippen LogP contribution in [-0.4, -0.2) is 47.6 Å². The predicted molar refractivity (Wildman–Crippen MR) is 105 cm³/mol. The number of nitrogens with one attached hydrogen (secondary N) is 3. The van der Waals surface area contributed by atoms with Gasteiger partial charge in [-0.2, -0.15) is 0 Å². The van der Waals surface area contributed by atoms with Gasteiger partial charge in [0.15, 0.2) is 5.69 Å². The molecule has 2 fully saturated rings. The second-order valence-electron chi connectivity index (χ2n) is 7.72. The van der Waals surface area contributed by atoms with Crippen molar-refractivity contribution in [2.24, 2.45) is 5.41 Å². The van der Waals surface area contributed by atoms with Gasteiger partial charge in [0.1, 0.15) is 6.10 Å². The highest BCUT2D eigenvalue weighted by Gasteiger charge is 2.49. The number of hydrogen-bond donors (Lipinski definition) is 3. The molecule has 3 N–H and O–H groups in total. The van der Waals surface area contributed by atoms with Gasteiger partial charge in [0, 0.05) is 28.9 Å². The first-order valence-corrected chi connectivity index (χ1v) is 9.72. The van der Waals surface area contributed by atoms with Crippen LogP contribution in [0.15, 0.2) is 36.5 Å². The summed E-state index contributed by atoms with van der Waals surface area (Å²) in [4.78, 5) is 32.7. The normalized spacial score (nSPS) is 21.3. The van der Waals surface area contributed by atoms with Crippen molar-refractivity contribution < 1.29 is 14.3 Å². The molecule has 4 heterocycles. The minimum Gasteiger partial charge on any atom is -0.460 e. The van der Waals surface area contributed by atoms with Gasteiger partial charge in [0.25, 0.3) is 5.91 Å². The van der Waals surface area contributed by atoms with Crippen molar-refractivity contribution in [2.45, 2.75) is 25.4 Å². The zero-order chi connectivity index (χ0) is 19.1. The zero-order valence-electron chi connectivity index (χ0n) is 15.5. The van der Waals surface area contributed by atoms with Gasteiger partial charge in [-0.1, -0.05) is 18.2 Å². The van der Waals surface area contributed by atoms with Gasteiger partial charge in [-0.25, -0.2) is 4.98 Å². The fraction of sp³-hybridized carbons (Fsp3) is 0.381. The SMILES string of the molecule is O=C(NCC1CC2(CCNCC2)C(=O)O1)c1nccc2c1[nH]c1ccccc12. The molecule has 0 bridgehead atoms. The highest BCUT2D eigenvalue weighted by Crippen LogP contribution is 2.41. The van der Waals surface area contributed by atoms with Crippen molar-refractivity contribution in [3.63, 3.8) is 0 Å². The first-order valence-electron chi connectivity index (χ1n) is 9.72. The van der Waals surface area contributed by atoms with E-state index in [4.69, 9.17) is 4.74 Å². The molecular formula is C21H22N4O3. The molecule has 2 aliphatic rings. The van der Waals surface area contributed by atoms with Gasteiger partial charge < -0.3 is 20.4 Å². The second kappa shape index (κ2) is 6.60. The third-order valence-corrected chi connectivity index (χ3v) is 6.02. The number of amides is 1. The number of aromatic amines is 1. The predicted octanol–water partition coefficient (Wildman–Crippen LogP) is 2.13. The number of cyclic esters (lactones) is 1. The third kappa shape index (κ3) is 2.74. The van der Waals surface area contributed by atoms with E-state index < -0.39 is 0 Å². The molecule has 28 heavy (non-hydrogen) atoms. The number of para-hydroxylation sites is 1. The number of benzene rings is 1. The number of esters is 1. The number of carbonyl (C=O) groups is 2. The van der Waals surface area contributed by atoms with Crippen molar-refractivity contribution in [1.29, 1.82) is 0 Å². The van der Waals surface area contributed by atoms with Crippen LogP contribution in [0.2, 0.25) is 0 Å². The molecule has 0 radical (unpaired) electrons. The number of carbonyl (C=O) groups excluding carboxylic acids is 2. The minimum atomic E-state index is -0.379. The number of fused-ring (bicyclic) bond motifs is 3. The molecule has 1 unspecified atom stereocenters. The number of piperidine rings is 1. The number of hydrogen-bond acceptors (Lipinski definition) is 5. The van der Waals surface area contributed by atoms with E-state index in [2.05, 4.69) is 20.6 Å². The molecule has 2 aromatic heterocycles. The monoisotopic (exact) mass is 378 g/mol. The summed E-state index contributed by atoms with van der Waals surface area (Å²) >= 11 is 0. The van der Waals surface area contributed by atoms with E-state index in [-0.39, 0.29) is 23.4 Å². The summed E-state index contributed by atoms with van der Waals surface area (Å²) in [5.41, 5.74) is 1.67. The fourth-order valence-corrected chi connectivity index (χ4v) is 4.50. The first kappa shape index (κ1) is 17.2. The van der Waals surface area contributed by atoms with Crippen LogP contribution in [0.1, 0.15) is 29.8 Å². The molecule has 5 rings (SSSR count). The van der Waals surface area contributed by atoms with Crippen LogP contribution in [0.5, 0.6) is 0 Å². The number of rotatable bonds is 3. The van der Waals surface area contributed by atoms with Gasteiger partial charge in [-0.15, -0.1) is 0 Å². The van der Waals surface area contributed by atoms with Gasteiger partial charge in [-0.05, 0) is 38.1 Å². The highest BCUT2D eigenvalue weighted by atomic mass is 16.6. The molecule has 1 atom stereocenters. The molecule has 3 aromatic rings. The van der Waals surface area contributed by atoms with Gasteiger partial charge >= 0.3 is 5.97 Å². The lowest BCUT2D eigenvalue weighted by molar-refractivity contribution is -0.149. The molecule has 144 valence electrons. The van der Waals surface area contributed by atoms with Crippen molar-refractivity contribution in [3.8, 4) is 0 Å². The lowest BCUT2D eigenvalue weighted by Gasteiger charge is -2.29. The first-order chi connectivity index (χ1) is 13.7. The average molecular weight is 378 g/mol. The second-order valence-corrected chi connectivity index (χ2v) is 7.72. The van der Waals surface area contributed by atoms with Crippen molar-refractivity contribution in [2.75, 3.05) is 19.6 Å². The lowest BCUT2D eigenvalue weighted by Crippen LogP contribution is -2.39. The van der Waals surface area contributed by atoms with E-state index in [1.807, 2.05) is 30.3 Å². The number of pyridine rings is 1. The maximum atomic E-state index is 12.8. The lowest BCUT2D eigenvalue weighted by atomic mass is 9.76. The highest BCUT2D eigenvalue weighted by molar-refractivity contribution is 6.13. The van der Waals surface area contributed by atoms with E-state index in [0.717, 1.165) is 47.7 Å². The zero-order valence-corrected chi connectivity index (χ0v) is 15.5. The van der Waals surface area contributed by atoms with Crippen LogP contribution in [0.25, 0.3) is 21.8 Å². The summed E-state index contributed by atoms with van der Waals surface area (Å²) in [6.07, 6.45) is 3.63. The van der Waals surface area contributed by atoms with Crippen LogP contribution < -0.4 is 10.6 Å². The fourth-order valence-electron chi connectivity index (χ4n) is 4.50. The van der Waals surface area contributed by atoms with Gasteiger partial charge in [-0.3, -0.25) is 9.59 Å². The van der Waals surface area contributed by atoms with E-state index >= 15 is 0 Å². The van der Waals surface area contributed by atoms with Crippen LogP contribution in [0.4, 0.5) is 0 Å². The third-order valence-electron chi connectivity index (χ3n) is 6.02. The molecule has 7 heteroatoms. The summed E-state index contributed by atoms with van der Waals surface area (Å²) in [6.45, 7) is 1.97. The number of H-pyrrole nitrogens is 1. The quantitative estimate of drug-likeness (QED) is 0.607. The number of nitrogens with zero attached hydrogens (tertiary/aromatic N) is 1. The Labute approximate surface area is 161 Å². The maximum Gasteiger partial charge on any atom is 0.312 e. The molecule has 7 nitrogen and oxygen atoms in total. The molecule has 0 aliphatic carbocycles. The van der Waals surface area contributed by atoms with Crippen molar-refractivity contribution in [3.05, 3.63) is 42.2 Å². The molecule has 1 spiro atoms. The van der Waals surface area contributed by atoms with Crippen molar-refractivity contribution >= 4 is 33.7 Å². The Morgan fingerprint density at radius 2 is 2.04 bits per heavy atom. The van der Waals surface area contributed by atoms with E-state index in [1.54, 1.807) is 6.20 Å². The number of ether oxygens (including phenoxy) is 1. The topological polar surface area (TPSA) is 96.1 Å². The summed E-state index contributed by atoms with van der Waals surface area (Å²) < 4.78 is 5.57. The van der Waals surface area contributed by atoms with Crippen LogP contribution in [0.3, 0.4) is 0 Å². The molecule has 2 saturated heterocycles. The van der Waals surface area contributed by atoms with Crippen LogP contribution in [0, 0.1) is 5.41 Å². The van der Waals surface area contributed by atoms with E-state index in [9.17, 15) is 9.59 Å². The Kier molecular flexibility index (Phi) is 4.05. The Morgan fingerprint density at radius 1 is 1.21 bits per heavy atom. The smallest absolute Gasteiger partial charge is 0.312 e. The van der Waals surface area contributed by atoms with Gasteiger partial charge in [0.2, 0.25) is 0 Å². The molecule has 1 amide bonds. The molecule has 1 aromatic carbocycles. The summed E-state index contributed by atoms with van der Waals surface area (Å²) in [7, 11) is 0.